The number of pyridine rings is 1. The van der Waals surface area contributed by atoms with Crippen LogP contribution in [0.3, 0.4) is 0 Å². The molecule has 0 saturated carbocycles. The molecule has 0 bridgehead atoms. The van der Waals surface area contributed by atoms with Crippen LogP contribution in [-0.2, 0) is 0 Å². The molecule has 3 rings (SSSR count). The summed E-state index contributed by atoms with van der Waals surface area (Å²) in [4.78, 5) is 28.7. The molecular formula is C17H15N3O3. The highest BCUT2D eigenvalue weighted by molar-refractivity contribution is 5.96. The summed E-state index contributed by atoms with van der Waals surface area (Å²) >= 11 is 0. The molecule has 0 aliphatic rings. The summed E-state index contributed by atoms with van der Waals surface area (Å²) in [5.74, 6) is -1.23. The van der Waals surface area contributed by atoms with Crippen molar-refractivity contribution in [3.63, 3.8) is 0 Å². The molecule has 23 heavy (non-hydrogen) atoms. The number of benzene rings is 1. The van der Waals surface area contributed by atoms with E-state index in [9.17, 15) is 14.7 Å². The van der Waals surface area contributed by atoms with Gasteiger partial charge in [0.2, 0.25) is 5.88 Å². The highest BCUT2D eigenvalue weighted by Gasteiger charge is 2.21. The van der Waals surface area contributed by atoms with Gasteiger partial charge in [0.15, 0.2) is 5.56 Å². The summed E-state index contributed by atoms with van der Waals surface area (Å²) in [6.45, 7) is 1.80. The monoisotopic (exact) mass is 309 g/mol. The first-order valence-corrected chi connectivity index (χ1v) is 7.14. The number of amides is 1. The Kier molecular flexibility index (Phi) is 3.80. The molecule has 3 aromatic rings. The first-order valence-electron chi connectivity index (χ1n) is 7.14. The number of carbonyl (C=O) groups excluding carboxylic acids is 1. The second-order valence-corrected chi connectivity index (χ2v) is 5.15. The fourth-order valence-electron chi connectivity index (χ4n) is 2.37. The van der Waals surface area contributed by atoms with E-state index in [0.29, 0.717) is 0 Å². The maximum Gasteiger partial charge on any atom is 0.274 e. The second-order valence-electron chi connectivity index (χ2n) is 5.15. The Balaban J connectivity index is 1.97. The molecule has 6 heteroatoms. The number of hydrogen-bond acceptors (Lipinski definition) is 4. The van der Waals surface area contributed by atoms with E-state index in [-0.39, 0.29) is 17.3 Å². The molecule has 1 atom stereocenters. The highest BCUT2D eigenvalue weighted by Crippen LogP contribution is 2.15. The zero-order chi connectivity index (χ0) is 16.4. The minimum Gasteiger partial charge on any atom is -0.493 e. The number of nitrogens with zero attached hydrogens (tertiary/aromatic N) is 2. The fraction of sp³-hybridized carbons (Fsp3) is 0.118. The van der Waals surface area contributed by atoms with E-state index in [2.05, 4.69) is 10.3 Å². The van der Waals surface area contributed by atoms with Gasteiger partial charge in [-0.1, -0.05) is 36.4 Å². The van der Waals surface area contributed by atoms with Crippen LogP contribution in [0.1, 0.15) is 28.9 Å². The highest BCUT2D eigenvalue weighted by atomic mass is 16.3. The van der Waals surface area contributed by atoms with Gasteiger partial charge in [0.1, 0.15) is 5.65 Å². The van der Waals surface area contributed by atoms with Crippen LogP contribution in [0, 0.1) is 0 Å². The minimum absolute atomic E-state index is 0.280. The van der Waals surface area contributed by atoms with Crippen molar-refractivity contribution in [1.82, 2.24) is 14.7 Å². The maximum absolute atomic E-state index is 12.4. The van der Waals surface area contributed by atoms with Gasteiger partial charge in [-0.3, -0.25) is 14.0 Å². The van der Waals surface area contributed by atoms with Gasteiger partial charge >= 0.3 is 0 Å². The summed E-state index contributed by atoms with van der Waals surface area (Å²) in [5.41, 5.74) is 0.208. The van der Waals surface area contributed by atoms with Crippen molar-refractivity contribution in [2.75, 3.05) is 0 Å². The Hall–Kier alpha value is -3.15. The van der Waals surface area contributed by atoms with Crippen LogP contribution in [-0.4, -0.2) is 20.4 Å². The molecule has 2 N–H and O–H groups in total. The molecule has 0 spiro atoms. The zero-order valence-corrected chi connectivity index (χ0v) is 12.4. The second kappa shape index (κ2) is 5.92. The van der Waals surface area contributed by atoms with Crippen molar-refractivity contribution in [2.24, 2.45) is 0 Å². The van der Waals surface area contributed by atoms with Crippen molar-refractivity contribution in [2.45, 2.75) is 13.0 Å². The summed E-state index contributed by atoms with van der Waals surface area (Å²) in [6, 6.07) is 14.0. The number of hydrogen-bond donors (Lipinski definition) is 2. The van der Waals surface area contributed by atoms with Gasteiger partial charge in [0, 0.05) is 6.20 Å². The Labute approximate surface area is 132 Å². The molecule has 116 valence electrons. The molecule has 0 unspecified atom stereocenters. The van der Waals surface area contributed by atoms with Gasteiger partial charge < -0.3 is 10.4 Å². The van der Waals surface area contributed by atoms with Crippen LogP contribution < -0.4 is 10.9 Å². The Morgan fingerprint density at radius 1 is 1.17 bits per heavy atom. The lowest BCUT2D eigenvalue weighted by atomic mass is 10.1. The van der Waals surface area contributed by atoms with Crippen molar-refractivity contribution in [1.29, 1.82) is 0 Å². The smallest absolute Gasteiger partial charge is 0.274 e. The molecule has 6 nitrogen and oxygen atoms in total. The average Bonchev–Trinajstić information content (AvgIpc) is 2.55. The maximum atomic E-state index is 12.4. The molecule has 1 aromatic carbocycles. The normalized spacial score (nSPS) is 12.0. The number of nitrogens with one attached hydrogen (secondary N) is 1. The van der Waals surface area contributed by atoms with E-state index in [1.807, 2.05) is 30.3 Å². The van der Waals surface area contributed by atoms with E-state index in [1.165, 1.54) is 10.6 Å². The van der Waals surface area contributed by atoms with Crippen LogP contribution in [0.5, 0.6) is 5.88 Å². The van der Waals surface area contributed by atoms with E-state index >= 15 is 0 Å². The molecule has 0 saturated heterocycles. The Bertz CT molecular complexity index is 919. The Morgan fingerprint density at radius 3 is 2.61 bits per heavy atom. The summed E-state index contributed by atoms with van der Waals surface area (Å²) in [7, 11) is 0. The van der Waals surface area contributed by atoms with Gasteiger partial charge in [-0.2, -0.15) is 4.98 Å². The fourth-order valence-corrected chi connectivity index (χ4v) is 2.37. The third-order valence-electron chi connectivity index (χ3n) is 3.59. The van der Waals surface area contributed by atoms with E-state index in [4.69, 9.17) is 0 Å². The minimum atomic E-state index is -0.658. The summed E-state index contributed by atoms with van der Waals surface area (Å²) < 4.78 is 1.22. The van der Waals surface area contributed by atoms with Crippen LogP contribution in [0.15, 0.2) is 59.5 Å². The first-order chi connectivity index (χ1) is 11.1. The van der Waals surface area contributed by atoms with Crippen LogP contribution in [0.4, 0.5) is 0 Å². The lowest BCUT2D eigenvalue weighted by molar-refractivity contribution is 0.0934. The van der Waals surface area contributed by atoms with E-state index in [1.54, 1.807) is 25.1 Å². The molecule has 0 aliphatic heterocycles. The largest absolute Gasteiger partial charge is 0.493 e. The van der Waals surface area contributed by atoms with Crippen LogP contribution >= 0.6 is 0 Å². The predicted octanol–water partition coefficient (Wildman–Crippen LogP) is 1.89. The summed E-state index contributed by atoms with van der Waals surface area (Å²) in [6.07, 6.45) is 1.50. The lowest BCUT2D eigenvalue weighted by Crippen LogP contribution is -2.33. The van der Waals surface area contributed by atoms with Gasteiger partial charge in [0.25, 0.3) is 11.5 Å². The average molecular weight is 309 g/mol. The molecule has 0 radical (unpaired) electrons. The van der Waals surface area contributed by atoms with Gasteiger partial charge in [-0.05, 0) is 24.6 Å². The predicted molar refractivity (Wildman–Crippen MR) is 85.5 cm³/mol. The number of aromatic hydroxyl groups is 1. The topological polar surface area (TPSA) is 83.7 Å². The summed E-state index contributed by atoms with van der Waals surface area (Å²) in [5, 5.41) is 12.7. The third-order valence-corrected chi connectivity index (χ3v) is 3.59. The Morgan fingerprint density at radius 2 is 1.87 bits per heavy atom. The third kappa shape index (κ3) is 2.78. The standard InChI is InChI=1S/C17H15N3O3/c1-11(12-7-3-2-4-8-12)18-15(21)14-16(22)19-13-9-5-6-10-20(13)17(14)23/h2-11,22H,1H3,(H,18,21)/t11-/m0/s1. The number of aromatic nitrogens is 2. The molecule has 1 amide bonds. The van der Waals surface area contributed by atoms with E-state index in [0.717, 1.165) is 5.56 Å². The van der Waals surface area contributed by atoms with Crippen LogP contribution in [0.2, 0.25) is 0 Å². The van der Waals surface area contributed by atoms with Crippen molar-refractivity contribution in [3.05, 3.63) is 76.2 Å². The molecule has 0 fully saturated rings. The van der Waals surface area contributed by atoms with E-state index < -0.39 is 17.3 Å². The van der Waals surface area contributed by atoms with Crippen molar-refractivity contribution >= 4 is 11.6 Å². The molecule has 2 heterocycles. The first kappa shape index (κ1) is 14.8. The lowest BCUT2D eigenvalue weighted by Gasteiger charge is -2.14. The SMILES string of the molecule is C[C@H](NC(=O)c1c(O)nc2ccccn2c1=O)c1ccccc1. The van der Waals surface area contributed by atoms with Crippen molar-refractivity contribution in [3.8, 4) is 5.88 Å². The molecular weight excluding hydrogens is 294 g/mol. The zero-order valence-electron chi connectivity index (χ0n) is 12.4. The van der Waals surface area contributed by atoms with Crippen LogP contribution in [0.25, 0.3) is 5.65 Å². The number of rotatable bonds is 3. The van der Waals surface area contributed by atoms with Crippen molar-refractivity contribution < 1.29 is 9.90 Å². The number of fused-ring (bicyclic) bond motifs is 1. The van der Waals surface area contributed by atoms with Gasteiger partial charge in [-0.25, -0.2) is 0 Å². The molecule has 2 aromatic heterocycles. The quantitative estimate of drug-likeness (QED) is 0.774. The number of carbonyl (C=O) groups is 1. The van der Waals surface area contributed by atoms with Gasteiger partial charge in [-0.15, -0.1) is 0 Å². The molecule has 0 aliphatic carbocycles. The van der Waals surface area contributed by atoms with Gasteiger partial charge in [0.05, 0.1) is 6.04 Å².